The van der Waals surface area contributed by atoms with E-state index in [9.17, 15) is 0 Å². The van der Waals surface area contributed by atoms with E-state index in [1.165, 1.54) is 0 Å². The van der Waals surface area contributed by atoms with Gasteiger partial charge in [-0.2, -0.15) is 0 Å². The van der Waals surface area contributed by atoms with E-state index in [-0.39, 0.29) is 44.6 Å². The Morgan fingerprint density at radius 2 is 0.529 bits per heavy atom. The monoisotopic (exact) mass is 576 g/mol. The normalized spacial score (nSPS) is 5.65. The molecule has 0 fully saturated rings. The summed E-state index contributed by atoms with van der Waals surface area (Å²) >= 11 is 33.0. The average Bonchev–Trinajstić information content (AvgIpc) is 1.76. The van der Waals surface area contributed by atoms with Crippen LogP contribution in [0.25, 0.3) is 0 Å². The van der Waals surface area contributed by atoms with Crippen LogP contribution < -0.4 is 22.9 Å². The smallest absolute Gasteiger partial charge is 0 e. The molecule has 0 aromatic heterocycles. The Kier molecular flexibility index (Phi) is 47.5. The Hall–Kier alpha value is 1.36. The van der Waals surface area contributed by atoms with Crippen LogP contribution in [-0.2, 0) is 50.5 Å². The number of thiocarbonyl (C=S) groups is 4. The van der Waals surface area contributed by atoms with Crippen LogP contribution in [0.2, 0.25) is 0 Å². The summed E-state index contributed by atoms with van der Waals surface area (Å²) in [6.07, 6.45) is 0. The molecule has 0 aromatic carbocycles. The van der Waals surface area contributed by atoms with E-state index in [4.69, 9.17) is 0 Å². The van der Waals surface area contributed by atoms with E-state index in [1.807, 2.05) is 0 Å². The van der Waals surface area contributed by atoms with Crippen LogP contribution in [0.1, 0.15) is 0 Å². The van der Waals surface area contributed by atoms with Gasteiger partial charge in [-0.3, -0.25) is 0 Å². The molecule has 13 heteroatoms. The van der Waals surface area contributed by atoms with Gasteiger partial charge in [-0.25, -0.2) is 0 Å². The van der Waals surface area contributed by atoms with E-state index >= 15 is 0 Å². The summed E-state index contributed by atoms with van der Waals surface area (Å²) in [7, 11) is 0. The zero-order valence-corrected chi connectivity index (χ0v) is 18.5. The Labute approximate surface area is 165 Å². The molecule has 0 bridgehead atoms. The molecule has 0 rings (SSSR count). The van der Waals surface area contributed by atoms with E-state index in [0.29, 0.717) is 0 Å². The van der Waals surface area contributed by atoms with Crippen LogP contribution in [0.15, 0.2) is 0 Å². The van der Waals surface area contributed by atoms with Gasteiger partial charge >= 0.3 is 0 Å². The first-order valence-electron chi connectivity index (χ1n) is 2.79. The summed E-state index contributed by atoms with van der Waals surface area (Å²) < 4.78 is 0.333. The number of rotatable bonds is 0. The molecule has 0 saturated carbocycles. The van der Waals surface area contributed by atoms with Crippen LogP contribution in [0.5, 0.6) is 0 Å². The van der Waals surface area contributed by atoms with Crippen molar-refractivity contribution < 1.29 is 0 Å². The van der Waals surface area contributed by atoms with Crippen molar-refractivity contribution in [3.63, 3.8) is 0 Å². The third-order valence-corrected chi connectivity index (χ3v) is 0. The number of hydrogen-bond acceptors (Lipinski definition) is 8. The van der Waals surface area contributed by atoms with Crippen molar-refractivity contribution in [1.82, 2.24) is 0 Å². The molecule has 0 atom stereocenters. The van der Waals surface area contributed by atoms with Gasteiger partial charge < -0.3 is 122 Å². The fraction of sp³-hybridized carbons (Fsp3) is 0. The number of nitrogens with two attached hydrogens (primary N) is 4. The Bertz CT molecular complexity index is 170. The van der Waals surface area contributed by atoms with Crippen molar-refractivity contribution in [2.24, 2.45) is 22.9 Å². The SMILES string of the molecule is NC(=S)[S-].NC(=S)[S-].NC(=S)[S-].NC(=S)[S-].[Pb]. The van der Waals surface area contributed by atoms with E-state index in [0.717, 1.165) is 0 Å². The standard InChI is InChI=1S/4CH3NS2.Pb/c4*2-1(3)4;/h4*(H3,2,3,4);/p-4. The molecule has 0 amide bonds. The molecular weight excluding hydrogens is 568 g/mol. The first-order valence-corrected chi connectivity index (χ1v) is 6.05. The third-order valence-electron chi connectivity index (χ3n) is 0. The van der Waals surface area contributed by atoms with E-state index in [2.05, 4.69) is 122 Å². The third kappa shape index (κ3) is 2210. The van der Waals surface area contributed by atoms with Gasteiger partial charge in [0.2, 0.25) is 0 Å². The molecule has 0 saturated heterocycles. The van der Waals surface area contributed by atoms with Gasteiger partial charge in [0.25, 0.3) is 0 Å². The summed E-state index contributed by atoms with van der Waals surface area (Å²) in [5.74, 6) is 0. The largest absolute Gasteiger partial charge is 0.415 e. The van der Waals surface area contributed by atoms with E-state index in [1.54, 1.807) is 0 Å². The molecule has 0 aliphatic carbocycles. The minimum Gasteiger partial charge on any atom is -0.415 e. The quantitative estimate of drug-likeness (QED) is 0.157. The molecule has 0 aliphatic heterocycles. The van der Waals surface area contributed by atoms with Gasteiger partial charge in [0.1, 0.15) is 0 Å². The summed E-state index contributed by atoms with van der Waals surface area (Å²) in [4.78, 5) is 0. The zero-order valence-electron chi connectivity index (χ0n) is 8.08. The van der Waals surface area contributed by atoms with Gasteiger partial charge in [0, 0.05) is 27.3 Å². The van der Waals surface area contributed by atoms with Crippen molar-refractivity contribution in [3.05, 3.63) is 0 Å². The van der Waals surface area contributed by atoms with Crippen LogP contribution in [-0.4, -0.2) is 44.6 Å². The van der Waals surface area contributed by atoms with Crippen molar-refractivity contribution in [2.75, 3.05) is 0 Å². The summed E-state index contributed by atoms with van der Waals surface area (Å²) in [5.41, 5.74) is 18.6. The molecule has 0 aliphatic rings. The van der Waals surface area contributed by atoms with Crippen molar-refractivity contribution >= 4 is 144 Å². The summed E-state index contributed by atoms with van der Waals surface area (Å²) in [6, 6.07) is 0. The maximum Gasteiger partial charge on any atom is 0 e. The minimum absolute atomic E-state index is 0. The Morgan fingerprint density at radius 3 is 0.529 bits per heavy atom. The average molecular weight is 576 g/mol. The summed E-state index contributed by atoms with van der Waals surface area (Å²) in [6.45, 7) is 0. The van der Waals surface area contributed by atoms with Gasteiger partial charge in [-0.15, -0.1) is 0 Å². The molecule has 100 valence electrons. The van der Waals surface area contributed by atoms with Crippen molar-refractivity contribution in [1.29, 1.82) is 0 Å². The molecular formula is C4H8N4PbS8-4. The zero-order chi connectivity index (χ0) is 14.3. The Morgan fingerprint density at radius 1 is 0.529 bits per heavy atom. The minimum atomic E-state index is 0. The van der Waals surface area contributed by atoms with Gasteiger partial charge in [0.15, 0.2) is 0 Å². The fourth-order valence-electron chi connectivity index (χ4n) is 0. The predicted octanol–water partition coefficient (Wildman–Crippen LogP) is -1.27. The maximum atomic E-state index is 4.66. The first kappa shape index (κ1) is 31.0. The first-order chi connectivity index (χ1) is 6.93. The van der Waals surface area contributed by atoms with Crippen LogP contribution in [0.3, 0.4) is 0 Å². The molecule has 17 heavy (non-hydrogen) atoms. The second-order valence-corrected chi connectivity index (χ2v) is 5.83. The van der Waals surface area contributed by atoms with Crippen molar-refractivity contribution in [2.45, 2.75) is 0 Å². The topological polar surface area (TPSA) is 104 Å². The van der Waals surface area contributed by atoms with Crippen LogP contribution in [0, 0.1) is 0 Å². The molecule has 0 spiro atoms. The summed E-state index contributed by atoms with van der Waals surface area (Å²) in [5, 5.41) is 0. The molecule has 4 nitrogen and oxygen atoms in total. The second-order valence-electron chi connectivity index (χ2n) is 1.28. The van der Waals surface area contributed by atoms with Crippen molar-refractivity contribution in [3.8, 4) is 0 Å². The maximum absolute atomic E-state index is 4.66. The van der Waals surface area contributed by atoms with Gasteiger partial charge in [-0.1, -0.05) is 17.3 Å². The molecule has 0 heterocycles. The molecule has 8 N–H and O–H groups in total. The van der Waals surface area contributed by atoms with Gasteiger partial charge in [0.05, 0.1) is 0 Å². The predicted molar refractivity (Wildman–Crippen MR) is 102 cm³/mol. The van der Waals surface area contributed by atoms with Gasteiger partial charge in [-0.05, 0) is 0 Å². The van der Waals surface area contributed by atoms with E-state index < -0.39 is 0 Å². The van der Waals surface area contributed by atoms with Crippen LogP contribution >= 0.6 is 48.9 Å². The van der Waals surface area contributed by atoms with Crippen LogP contribution in [0.4, 0.5) is 0 Å². The molecule has 0 unspecified atom stereocenters. The molecule has 0 aromatic rings. The second kappa shape index (κ2) is 26.0. The molecule has 4 radical (unpaired) electrons. The Balaban J connectivity index is -0.0000000369. The fourth-order valence-corrected chi connectivity index (χ4v) is 0. The number of hydrogen-bond donors (Lipinski definition) is 4.